The van der Waals surface area contributed by atoms with Crippen molar-refractivity contribution in [2.45, 2.75) is 37.3 Å². The topological polar surface area (TPSA) is 70.4 Å². The van der Waals surface area contributed by atoms with E-state index in [1.165, 1.54) is 4.90 Å². The normalized spacial score (nSPS) is 22.3. The van der Waals surface area contributed by atoms with Gasteiger partial charge in [0.15, 0.2) is 6.10 Å². The fourth-order valence-electron chi connectivity index (χ4n) is 2.93. The van der Waals surface area contributed by atoms with Crippen molar-refractivity contribution < 1.29 is 14.3 Å². The number of rotatable bonds is 2. The Morgan fingerprint density at radius 1 is 1.43 bits per heavy atom. The number of benzene rings is 1. The molecule has 3 rings (SSSR count). The molecular formula is C16H16N2O3. The molecule has 1 atom stereocenters. The highest BCUT2D eigenvalue weighted by Gasteiger charge is 2.46. The second-order valence-corrected chi connectivity index (χ2v) is 5.65. The van der Waals surface area contributed by atoms with Gasteiger partial charge in [0.05, 0.1) is 11.6 Å². The van der Waals surface area contributed by atoms with E-state index in [1.807, 2.05) is 12.1 Å². The minimum absolute atomic E-state index is 0.292. The van der Waals surface area contributed by atoms with Crippen molar-refractivity contribution in [3.63, 3.8) is 0 Å². The largest absolute Gasteiger partial charge is 0.448 e. The van der Waals surface area contributed by atoms with Gasteiger partial charge in [0.25, 0.3) is 5.91 Å². The maximum absolute atomic E-state index is 12.5. The highest BCUT2D eigenvalue weighted by molar-refractivity contribution is 5.96. The van der Waals surface area contributed by atoms with Crippen LogP contribution in [0.1, 0.15) is 35.2 Å². The Bertz CT molecular complexity index is 643. The number of ether oxygens (including phenoxy) is 1. The van der Waals surface area contributed by atoms with Gasteiger partial charge in [-0.2, -0.15) is 5.26 Å². The minimum Gasteiger partial charge on any atom is -0.448 e. The van der Waals surface area contributed by atoms with Gasteiger partial charge in [-0.05, 0) is 30.9 Å². The van der Waals surface area contributed by atoms with Crippen LogP contribution < -0.4 is 0 Å². The van der Waals surface area contributed by atoms with Crippen LogP contribution in [0.25, 0.3) is 0 Å². The molecule has 21 heavy (non-hydrogen) atoms. The van der Waals surface area contributed by atoms with E-state index in [-0.39, 0.29) is 5.91 Å². The molecule has 0 N–H and O–H groups in total. The van der Waals surface area contributed by atoms with Crippen molar-refractivity contribution in [2.24, 2.45) is 0 Å². The number of fused-ring (bicyclic) bond motifs is 1. The number of nitriles is 1. The Balaban J connectivity index is 1.81. The molecule has 1 aromatic carbocycles. The van der Waals surface area contributed by atoms with Crippen LogP contribution in [-0.4, -0.2) is 35.5 Å². The first-order chi connectivity index (χ1) is 10.1. The van der Waals surface area contributed by atoms with Gasteiger partial charge in [-0.15, -0.1) is 0 Å². The third-order valence-corrected chi connectivity index (χ3v) is 4.53. The molecule has 2 aliphatic rings. The van der Waals surface area contributed by atoms with Crippen molar-refractivity contribution in [3.8, 4) is 6.07 Å². The van der Waals surface area contributed by atoms with E-state index in [0.29, 0.717) is 24.8 Å². The number of amides is 1. The van der Waals surface area contributed by atoms with Crippen molar-refractivity contribution >= 4 is 11.9 Å². The third kappa shape index (κ3) is 2.07. The molecule has 0 unspecified atom stereocenters. The van der Waals surface area contributed by atoms with Gasteiger partial charge in [0, 0.05) is 13.5 Å². The first kappa shape index (κ1) is 13.6. The third-order valence-electron chi connectivity index (χ3n) is 4.53. The van der Waals surface area contributed by atoms with Gasteiger partial charge in [0.2, 0.25) is 0 Å². The Labute approximate surface area is 123 Å². The fourth-order valence-corrected chi connectivity index (χ4v) is 2.93. The lowest BCUT2D eigenvalue weighted by Gasteiger charge is -2.44. The van der Waals surface area contributed by atoms with Gasteiger partial charge in [0.1, 0.15) is 5.54 Å². The van der Waals surface area contributed by atoms with Crippen LogP contribution in [0.5, 0.6) is 0 Å². The zero-order chi connectivity index (χ0) is 15.0. The lowest BCUT2D eigenvalue weighted by molar-refractivity contribution is -0.146. The molecule has 1 aromatic rings. The molecule has 5 nitrogen and oxygen atoms in total. The van der Waals surface area contributed by atoms with Gasteiger partial charge in [-0.3, -0.25) is 4.79 Å². The van der Waals surface area contributed by atoms with Crippen LogP contribution in [0, 0.1) is 11.3 Å². The van der Waals surface area contributed by atoms with E-state index in [4.69, 9.17) is 4.74 Å². The molecular weight excluding hydrogens is 268 g/mol. The summed E-state index contributed by atoms with van der Waals surface area (Å²) < 4.78 is 5.26. The first-order valence-electron chi connectivity index (χ1n) is 7.05. The number of cyclic esters (lactones) is 1. The summed E-state index contributed by atoms with van der Waals surface area (Å²) in [5, 5.41) is 9.31. The molecule has 1 aliphatic carbocycles. The van der Waals surface area contributed by atoms with Crippen LogP contribution in [0.3, 0.4) is 0 Å². The Kier molecular flexibility index (Phi) is 3.17. The minimum atomic E-state index is -0.830. The molecule has 0 spiro atoms. The molecule has 1 aliphatic heterocycles. The number of esters is 1. The standard InChI is InChI=1S/C16H16N2O3/c1-18(16(10-17)7-4-8-16)14(19)13-9-11-5-2-3-6-12(11)15(20)21-13/h2-3,5-6,13H,4,7-9H2,1H3/t13-/m1/s1. The van der Waals surface area contributed by atoms with Crippen molar-refractivity contribution in [3.05, 3.63) is 35.4 Å². The van der Waals surface area contributed by atoms with Crippen LogP contribution in [0.4, 0.5) is 0 Å². The Morgan fingerprint density at radius 2 is 2.14 bits per heavy atom. The number of hydrogen-bond acceptors (Lipinski definition) is 4. The molecule has 1 heterocycles. The van der Waals surface area contributed by atoms with Crippen molar-refractivity contribution in [2.75, 3.05) is 7.05 Å². The number of nitrogens with zero attached hydrogens (tertiary/aromatic N) is 2. The van der Waals surface area contributed by atoms with Crippen LogP contribution in [0.2, 0.25) is 0 Å². The highest BCUT2D eigenvalue weighted by atomic mass is 16.5. The average Bonchev–Trinajstić information content (AvgIpc) is 2.45. The number of carbonyl (C=O) groups is 2. The maximum atomic E-state index is 12.5. The zero-order valence-corrected chi connectivity index (χ0v) is 11.8. The quantitative estimate of drug-likeness (QED) is 0.775. The molecule has 5 heteroatoms. The van der Waals surface area contributed by atoms with E-state index < -0.39 is 17.6 Å². The molecule has 1 saturated carbocycles. The predicted octanol–water partition coefficient (Wildman–Crippen LogP) is 1.67. The fraction of sp³-hybridized carbons (Fsp3) is 0.438. The second kappa shape index (κ2) is 4.88. The van der Waals surface area contributed by atoms with E-state index in [2.05, 4.69) is 6.07 Å². The molecule has 1 fully saturated rings. The van der Waals surface area contributed by atoms with Crippen LogP contribution in [-0.2, 0) is 16.0 Å². The Hall–Kier alpha value is -2.35. The van der Waals surface area contributed by atoms with Crippen LogP contribution >= 0.6 is 0 Å². The highest BCUT2D eigenvalue weighted by Crippen LogP contribution is 2.37. The van der Waals surface area contributed by atoms with Gasteiger partial charge < -0.3 is 9.64 Å². The van der Waals surface area contributed by atoms with E-state index in [1.54, 1.807) is 19.2 Å². The SMILES string of the molecule is CN(C(=O)[C@H]1Cc2ccccc2C(=O)O1)C1(C#N)CCC1. The average molecular weight is 284 g/mol. The molecule has 0 bridgehead atoms. The van der Waals surface area contributed by atoms with Crippen molar-refractivity contribution in [1.82, 2.24) is 4.90 Å². The van der Waals surface area contributed by atoms with E-state index in [0.717, 1.165) is 12.0 Å². The number of carbonyl (C=O) groups excluding carboxylic acids is 2. The van der Waals surface area contributed by atoms with Gasteiger partial charge in [-0.1, -0.05) is 18.2 Å². The Morgan fingerprint density at radius 3 is 2.76 bits per heavy atom. The summed E-state index contributed by atoms with van der Waals surface area (Å²) in [5.41, 5.74) is 0.614. The van der Waals surface area contributed by atoms with Gasteiger partial charge in [-0.25, -0.2) is 4.79 Å². The maximum Gasteiger partial charge on any atom is 0.339 e. The second-order valence-electron chi connectivity index (χ2n) is 5.65. The van der Waals surface area contributed by atoms with E-state index in [9.17, 15) is 14.9 Å². The number of likely N-dealkylation sites (N-methyl/N-ethyl adjacent to an activating group) is 1. The summed E-state index contributed by atoms with van der Waals surface area (Å²) in [4.78, 5) is 26.0. The predicted molar refractivity (Wildman–Crippen MR) is 74.3 cm³/mol. The summed E-state index contributed by atoms with van der Waals surface area (Å²) >= 11 is 0. The number of hydrogen-bond donors (Lipinski definition) is 0. The smallest absolute Gasteiger partial charge is 0.339 e. The van der Waals surface area contributed by atoms with E-state index >= 15 is 0 Å². The summed E-state index contributed by atoms with van der Waals surface area (Å²) in [6.07, 6.45) is 1.85. The lowest BCUT2D eigenvalue weighted by atomic mass is 9.76. The monoisotopic (exact) mass is 284 g/mol. The van der Waals surface area contributed by atoms with Crippen molar-refractivity contribution in [1.29, 1.82) is 5.26 Å². The summed E-state index contributed by atoms with van der Waals surface area (Å²) in [7, 11) is 1.62. The molecule has 108 valence electrons. The summed E-state index contributed by atoms with van der Waals surface area (Å²) in [6.45, 7) is 0. The zero-order valence-electron chi connectivity index (χ0n) is 11.8. The summed E-state index contributed by atoms with van der Waals surface area (Å²) in [5.74, 6) is -0.762. The van der Waals surface area contributed by atoms with Crippen LogP contribution in [0.15, 0.2) is 24.3 Å². The molecule has 0 aromatic heterocycles. The van der Waals surface area contributed by atoms with Gasteiger partial charge >= 0.3 is 5.97 Å². The molecule has 0 radical (unpaired) electrons. The molecule has 0 saturated heterocycles. The molecule has 1 amide bonds. The summed E-state index contributed by atoms with van der Waals surface area (Å²) in [6, 6.07) is 9.37. The first-order valence-corrected chi connectivity index (χ1v) is 7.05. The lowest BCUT2D eigenvalue weighted by Crippen LogP contribution is -2.57.